The maximum atomic E-state index is 11.5. The number of phenolic OH excluding ortho intramolecular Hbond substituents is 1. The highest BCUT2D eigenvalue weighted by molar-refractivity contribution is 5.94. The number of rotatable bonds is 2. The van der Waals surface area contributed by atoms with Crippen molar-refractivity contribution in [2.45, 2.75) is 20.8 Å². The van der Waals surface area contributed by atoms with Gasteiger partial charge in [0.05, 0.1) is 0 Å². The minimum atomic E-state index is -0.291. The van der Waals surface area contributed by atoms with E-state index < -0.39 is 0 Å². The lowest BCUT2D eigenvalue weighted by Gasteiger charge is -2.09. The highest BCUT2D eigenvalue weighted by Crippen LogP contribution is 2.10. The van der Waals surface area contributed by atoms with Crippen LogP contribution < -0.4 is 5.43 Å². The molecule has 0 bridgehead atoms. The van der Waals surface area contributed by atoms with Crippen molar-refractivity contribution in [3.8, 4) is 5.75 Å². The van der Waals surface area contributed by atoms with Crippen LogP contribution in [-0.4, -0.2) is 17.2 Å². The molecule has 86 valence electrons. The molecule has 0 aromatic heterocycles. The fourth-order valence-corrected chi connectivity index (χ4v) is 0.962. The highest BCUT2D eigenvalue weighted by Gasteiger charge is 2.07. The molecule has 0 atom stereocenters. The highest BCUT2D eigenvalue weighted by atomic mass is 16.3. The number of nitrogens with one attached hydrogen (secondary N) is 1. The SMILES string of the molecule is CC(C)(C)/C=N/NC(=O)c1ccc(O)cc1. The third-order valence-corrected chi connectivity index (χ3v) is 1.75. The van der Waals surface area contributed by atoms with Crippen LogP contribution in [0.15, 0.2) is 29.4 Å². The maximum Gasteiger partial charge on any atom is 0.271 e. The molecule has 4 nitrogen and oxygen atoms in total. The lowest BCUT2D eigenvalue weighted by Crippen LogP contribution is -2.19. The van der Waals surface area contributed by atoms with Crippen LogP contribution in [0, 0.1) is 5.41 Å². The largest absolute Gasteiger partial charge is 0.508 e. The molecule has 0 aliphatic heterocycles. The van der Waals surface area contributed by atoms with Gasteiger partial charge in [-0.2, -0.15) is 5.10 Å². The van der Waals surface area contributed by atoms with Gasteiger partial charge in [0, 0.05) is 11.8 Å². The van der Waals surface area contributed by atoms with Crippen LogP contribution in [0.1, 0.15) is 31.1 Å². The number of carbonyl (C=O) groups is 1. The zero-order valence-electron chi connectivity index (χ0n) is 9.69. The Hall–Kier alpha value is -1.84. The Balaban J connectivity index is 2.60. The van der Waals surface area contributed by atoms with E-state index >= 15 is 0 Å². The third-order valence-electron chi connectivity index (χ3n) is 1.75. The number of aromatic hydroxyl groups is 1. The molecular weight excluding hydrogens is 204 g/mol. The van der Waals surface area contributed by atoms with Crippen LogP contribution in [0.2, 0.25) is 0 Å². The van der Waals surface area contributed by atoms with E-state index in [0.717, 1.165) is 0 Å². The molecule has 1 aromatic carbocycles. The molecule has 0 radical (unpaired) electrons. The van der Waals surface area contributed by atoms with Crippen LogP contribution in [0.4, 0.5) is 0 Å². The first kappa shape index (κ1) is 12.2. The third kappa shape index (κ3) is 4.13. The average molecular weight is 220 g/mol. The van der Waals surface area contributed by atoms with E-state index in [9.17, 15) is 4.79 Å². The second kappa shape index (κ2) is 4.79. The van der Waals surface area contributed by atoms with Gasteiger partial charge in [-0.05, 0) is 29.7 Å². The zero-order valence-corrected chi connectivity index (χ0v) is 9.69. The monoisotopic (exact) mass is 220 g/mol. The number of nitrogens with zero attached hydrogens (tertiary/aromatic N) is 1. The summed E-state index contributed by atoms with van der Waals surface area (Å²) in [6.45, 7) is 5.97. The topological polar surface area (TPSA) is 61.7 Å². The van der Waals surface area contributed by atoms with Gasteiger partial charge in [0.2, 0.25) is 0 Å². The summed E-state index contributed by atoms with van der Waals surface area (Å²) in [4.78, 5) is 11.5. The predicted molar refractivity (Wildman–Crippen MR) is 63.5 cm³/mol. The lowest BCUT2D eigenvalue weighted by atomic mass is 9.99. The molecule has 1 amide bonds. The van der Waals surface area contributed by atoms with Gasteiger partial charge in [0.1, 0.15) is 5.75 Å². The van der Waals surface area contributed by atoms with Crippen LogP contribution >= 0.6 is 0 Å². The number of hydrazone groups is 1. The predicted octanol–water partition coefficient (Wildman–Crippen LogP) is 2.15. The molecule has 2 N–H and O–H groups in total. The summed E-state index contributed by atoms with van der Waals surface area (Å²) < 4.78 is 0. The number of hydrogen-bond donors (Lipinski definition) is 2. The fourth-order valence-electron chi connectivity index (χ4n) is 0.962. The number of carbonyl (C=O) groups excluding carboxylic acids is 1. The van der Waals surface area contributed by atoms with E-state index in [-0.39, 0.29) is 17.1 Å². The van der Waals surface area contributed by atoms with Gasteiger partial charge >= 0.3 is 0 Å². The van der Waals surface area contributed by atoms with Crippen molar-refractivity contribution in [1.29, 1.82) is 0 Å². The summed E-state index contributed by atoms with van der Waals surface area (Å²) in [5.74, 6) is -0.157. The van der Waals surface area contributed by atoms with Crippen molar-refractivity contribution in [2.24, 2.45) is 10.5 Å². The number of amides is 1. The average Bonchev–Trinajstić information content (AvgIpc) is 2.16. The van der Waals surface area contributed by atoms with Gasteiger partial charge in [-0.3, -0.25) is 4.79 Å². The van der Waals surface area contributed by atoms with Crippen molar-refractivity contribution >= 4 is 12.1 Å². The zero-order chi connectivity index (χ0) is 12.2. The molecule has 0 aliphatic rings. The molecule has 0 heterocycles. The van der Waals surface area contributed by atoms with E-state index in [0.29, 0.717) is 5.56 Å². The summed E-state index contributed by atoms with van der Waals surface area (Å²) >= 11 is 0. The molecule has 0 unspecified atom stereocenters. The normalized spacial score (nSPS) is 11.7. The van der Waals surface area contributed by atoms with E-state index in [1.165, 1.54) is 24.3 Å². The first-order valence-corrected chi connectivity index (χ1v) is 5.02. The minimum absolute atomic E-state index is 0.0672. The van der Waals surface area contributed by atoms with Gasteiger partial charge in [-0.1, -0.05) is 20.8 Å². The first-order chi connectivity index (χ1) is 7.38. The summed E-state index contributed by atoms with van der Waals surface area (Å²) in [7, 11) is 0. The van der Waals surface area contributed by atoms with Gasteiger partial charge in [0.15, 0.2) is 0 Å². The van der Waals surface area contributed by atoms with Crippen molar-refractivity contribution in [1.82, 2.24) is 5.43 Å². The van der Waals surface area contributed by atoms with Crippen molar-refractivity contribution < 1.29 is 9.90 Å². The van der Waals surface area contributed by atoms with Crippen LogP contribution in [0.25, 0.3) is 0 Å². The molecule has 1 aromatic rings. The van der Waals surface area contributed by atoms with E-state index in [1.54, 1.807) is 6.21 Å². The second-order valence-electron chi connectivity index (χ2n) is 4.61. The summed E-state index contributed by atoms with van der Waals surface area (Å²) in [6.07, 6.45) is 1.67. The molecule has 0 spiro atoms. The summed E-state index contributed by atoms with van der Waals surface area (Å²) in [5.41, 5.74) is 2.82. The molecule has 0 fully saturated rings. The smallest absolute Gasteiger partial charge is 0.271 e. The van der Waals surface area contributed by atoms with E-state index in [2.05, 4.69) is 10.5 Å². The standard InChI is InChI=1S/C12H16N2O2/c1-12(2,3)8-13-14-11(16)9-4-6-10(15)7-5-9/h4-8,15H,1-3H3,(H,14,16)/b13-8+. The van der Waals surface area contributed by atoms with Crippen molar-refractivity contribution in [2.75, 3.05) is 0 Å². The molecule has 16 heavy (non-hydrogen) atoms. The number of hydrogen-bond acceptors (Lipinski definition) is 3. The maximum absolute atomic E-state index is 11.5. The Morgan fingerprint density at radius 2 is 1.88 bits per heavy atom. The van der Waals surface area contributed by atoms with Crippen LogP contribution in [0.3, 0.4) is 0 Å². The Morgan fingerprint density at radius 1 is 1.31 bits per heavy atom. The molecule has 1 rings (SSSR count). The van der Waals surface area contributed by atoms with Gasteiger partial charge in [-0.15, -0.1) is 0 Å². The first-order valence-electron chi connectivity index (χ1n) is 5.02. The number of phenols is 1. The van der Waals surface area contributed by atoms with Crippen LogP contribution in [-0.2, 0) is 0 Å². The Bertz CT molecular complexity index is 388. The molecule has 0 saturated carbocycles. The van der Waals surface area contributed by atoms with Crippen LogP contribution in [0.5, 0.6) is 5.75 Å². The van der Waals surface area contributed by atoms with Gasteiger partial charge in [0.25, 0.3) is 5.91 Å². The van der Waals surface area contributed by atoms with Gasteiger partial charge < -0.3 is 5.11 Å². The molecule has 4 heteroatoms. The van der Waals surface area contributed by atoms with Gasteiger partial charge in [-0.25, -0.2) is 5.43 Å². The Morgan fingerprint density at radius 3 is 2.38 bits per heavy atom. The van der Waals surface area contributed by atoms with Crippen molar-refractivity contribution in [3.05, 3.63) is 29.8 Å². The lowest BCUT2D eigenvalue weighted by molar-refractivity contribution is 0.0955. The summed E-state index contributed by atoms with van der Waals surface area (Å²) in [5, 5.41) is 12.9. The molecular formula is C12H16N2O2. The summed E-state index contributed by atoms with van der Waals surface area (Å²) in [6, 6.07) is 6.00. The fraction of sp³-hybridized carbons (Fsp3) is 0.333. The Labute approximate surface area is 95.0 Å². The number of benzene rings is 1. The minimum Gasteiger partial charge on any atom is -0.508 e. The van der Waals surface area contributed by atoms with E-state index in [1.807, 2.05) is 20.8 Å². The molecule has 0 aliphatic carbocycles. The van der Waals surface area contributed by atoms with Crippen molar-refractivity contribution in [3.63, 3.8) is 0 Å². The second-order valence-corrected chi connectivity index (χ2v) is 4.61. The molecule has 0 saturated heterocycles. The van der Waals surface area contributed by atoms with E-state index in [4.69, 9.17) is 5.11 Å². The Kier molecular flexibility index (Phi) is 3.66. The quantitative estimate of drug-likeness (QED) is 0.592.